The first-order chi connectivity index (χ1) is 11.6. The standard InChI is InChI=1S/C21H36O3Si/c1-8-9-10-11-18(22)14-12-17-13-15-19(20(16-17)23-5)24-25(6,7)21(2,3)4/h12-16,18,22H,8-11H2,1-7H3/b14-12-. The van der Waals surface area contributed by atoms with E-state index in [1.165, 1.54) is 6.42 Å². The molecule has 1 aromatic rings. The van der Waals surface area contributed by atoms with Gasteiger partial charge in [-0.05, 0) is 42.2 Å². The van der Waals surface area contributed by atoms with Crippen molar-refractivity contribution >= 4 is 14.4 Å². The molecule has 0 fully saturated rings. The fourth-order valence-electron chi connectivity index (χ4n) is 2.22. The number of aliphatic hydroxyl groups excluding tert-OH is 1. The first-order valence-electron chi connectivity index (χ1n) is 9.34. The number of methoxy groups -OCH3 is 1. The number of ether oxygens (including phenoxy) is 1. The van der Waals surface area contributed by atoms with Crippen LogP contribution in [-0.2, 0) is 0 Å². The normalized spacial score (nSPS) is 13.9. The molecule has 0 aliphatic heterocycles. The molecule has 0 bridgehead atoms. The van der Waals surface area contributed by atoms with Crippen LogP contribution in [0.3, 0.4) is 0 Å². The Hall–Kier alpha value is -1.26. The van der Waals surface area contributed by atoms with E-state index in [-0.39, 0.29) is 11.1 Å². The maximum absolute atomic E-state index is 10.0. The van der Waals surface area contributed by atoms with Crippen LogP contribution >= 0.6 is 0 Å². The third-order valence-electron chi connectivity index (χ3n) is 4.97. The zero-order valence-corrected chi connectivity index (χ0v) is 18.1. The molecule has 0 spiro atoms. The number of hydrogen-bond donors (Lipinski definition) is 1. The molecule has 0 saturated carbocycles. The van der Waals surface area contributed by atoms with E-state index in [1.54, 1.807) is 7.11 Å². The Labute approximate surface area is 155 Å². The molecule has 3 nitrogen and oxygen atoms in total. The van der Waals surface area contributed by atoms with Crippen LogP contribution in [0.15, 0.2) is 24.3 Å². The molecule has 0 aliphatic rings. The van der Waals surface area contributed by atoms with Gasteiger partial charge in [0.2, 0.25) is 0 Å². The lowest BCUT2D eigenvalue weighted by molar-refractivity contribution is 0.209. The smallest absolute Gasteiger partial charge is 0.250 e. The van der Waals surface area contributed by atoms with Crippen molar-refractivity contribution in [3.63, 3.8) is 0 Å². The average Bonchev–Trinajstić information content (AvgIpc) is 2.52. The van der Waals surface area contributed by atoms with Crippen LogP contribution in [0.2, 0.25) is 18.1 Å². The largest absolute Gasteiger partial charge is 0.541 e. The van der Waals surface area contributed by atoms with Crippen LogP contribution < -0.4 is 9.16 Å². The lowest BCUT2D eigenvalue weighted by atomic mass is 10.1. The topological polar surface area (TPSA) is 38.7 Å². The van der Waals surface area contributed by atoms with Crippen molar-refractivity contribution in [2.24, 2.45) is 0 Å². The van der Waals surface area contributed by atoms with Crippen molar-refractivity contribution in [3.8, 4) is 11.5 Å². The van der Waals surface area contributed by atoms with Gasteiger partial charge in [0, 0.05) is 0 Å². The second-order valence-electron chi connectivity index (χ2n) is 8.19. The minimum Gasteiger partial charge on any atom is -0.541 e. The van der Waals surface area contributed by atoms with Gasteiger partial charge in [0.1, 0.15) is 5.75 Å². The molecular weight excluding hydrogens is 328 g/mol. The third kappa shape index (κ3) is 6.87. The molecule has 0 aromatic heterocycles. The molecule has 25 heavy (non-hydrogen) atoms. The number of unbranched alkanes of at least 4 members (excludes halogenated alkanes) is 2. The van der Waals surface area contributed by atoms with Crippen molar-refractivity contribution in [3.05, 3.63) is 29.8 Å². The van der Waals surface area contributed by atoms with E-state index >= 15 is 0 Å². The molecular formula is C21H36O3Si. The molecule has 1 atom stereocenters. The number of rotatable bonds is 9. The van der Waals surface area contributed by atoms with E-state index in [4.69, 9.17) is 9.16 Å². The summed E-state index contributed by atoms with van der Waals surface area (Å²) < 4.78 is 11.9. The summed E-state index contributed by atoms with van der Waals surface area (Å²) in [6.07, 6.45) is 7.63. The van der Waals surface area contributed by atoms with Crippen LogP contribution in [0.25, 0.3) is 6.08 Å². The van der Waals surface area contributed by atoms with Gasteiger partial charge in [-0.1, -0.05) is 65.2 Å². The van der Waals surface area contributed by atoms with Gasteiger partial charge in [-0.15, -0.1) is 0 Å². The lowest BCUT2D eigenvalue weighted by Gasteiger charge is -2.36. The zero-order valence-electron chi connectivity index (χ0n) is 17.1. The molecule has 0 saturated heterocycles. The summed E-state index contributed by atoms with van der Waals surface area (Å²) >= 11 is 0. The zero-order chi connectivity index (χ0) is 19.1. The molecule has 1 N–H and O–H groups in total. The van der Waals surface area contributed by atoms with Gasteiger partial charge in [-0.3, -0.25) is 0 Å². The van der Waals surface area contributed by atoms with Gasteiger partial charge in [0.25, 0.3) is 8.32 Å². The van der Waals surface area contributed by atoms with Crippen molar-refractivity contribution in [1.29, 1.82) is 0 Å². The Morgan fingerprint density at radius 3 is 2.40 bits per heavy atom. The van der Waals surface area contributed by atoms with Gasteiger partial charge >= 0.3 is 0 Å². The number of hydrogen-bond acceptors (Lipinski definition) is 3. The van der Waals surface area contributed by atoms with Crippen LogP contribution in [0.5, 0.6) is 11.5 Å². The first kappa shape index (κ1) is 21.8. The summed E-state index contributed by atoms with van der Waals surface area (Å²) in [5.41, 5.74) is 1.01. The highest BCUT2D eigenvalue weighted by molar-refractivity contribution is 6.74. The Balaban J connectivity index is 2.85. The molecule has 4 heteroatoms. The Morgan fingerprint density at radius 2 is 1.84 bits per heavy atom. The fourth-order valence-corrected chi connectivity index (χ4v) is 3.25. The van der Waals surface area contributed by atoms with E-state index in [0.717, 1.165) is 36.3 Å². The number of benzene rings is 1. The van der Waals surface area contributed by atoms with Crippen LogP contribution in [-0.4, -0.2) is 26.6 Å². The third-order valence-corrected chi connectivity index (χ3v) is 9.32. The highest BCUT2D eigenvalue weighted by atomic mass is 28.4. The summed E-state index contributed by atoms with van der Waals surface area (Å²) in [5.74, 6) is 1.54. The van der Waals surface area contributed by atoms with Crippen molar-refractivity contribution in [1.82, 2.24) is 0 Å². The Morgan fingerprint density at radius 1 is 1.16 bits per heavy atom. The number of aliphatic hydroxyl groups is 1. The van der Waals surface area contributed by atoms with E-state index < -0.39 is 8.32 Å². The molecule has 1 unspecified atom stereocenters. The van der Waals surface area contributed by atoms with Gasteiger partial charge in [-0.2, -0.15) is 0 Å². The predicted molar refractivity (Wildman–Crippen MR) is 110 cm³/mol. The maximum Gasteiger partial charge on any atom is 0.250 e. The van der Waals surface area contributed by atoms with Crippen molar-refractivity contribution < 1.29 is 14.3 Å². The maximum atomic E-state index is 10.0. The molecule has 1 aromatic carbocycles. The fraction of sp³-hybridized carbons (Fsp3) is 0.619. The minimum atomic E-state index is -1.90. The van der Waals surface area contributed by atoms with E-state index in [1.807, 2.05) is 30.4 Å². The molecule has 0 amide bonds. The lowest BCUT2D eigenvalue weighted by Crippen LogP contribution is -2.43. The summed E-state index contributed by atoms with van der Waals surface area (Å²) in [6, 6.07) is 5.96. The van der Waals surface area contributed by atoms with Gasteiger partial charge in [0.05, 0.1) is 13.2 Å². The minimum absolute atomic E-state index is 0.138. The SMILES string of the molecule is CCCCCC(O)/C=C\c1ccc(O[Si](C)(C)C(C)(C)C)c(OC)c1. The predicted octanol–water partition coefficient (Wildman–Crippen LogP) is 6.03. The van der Waals surface area contributed by atoms with Crippen molar-refractivity contribution in [2.75, 3.05) is 7.11 Å². The van der Waals surface area contributed by atoms with E-state index in [0.29, 0.717) is 0 Å². The second kappa shape index (κ2) is 9.44. The first-order valence-corrected chi connectivity index (χ1v) is 12.2. The summed E-state index contributed by atoms with van der Waals surface area (Å²) in [4.78, 5) is 0. The molecule has 0 aliphatic carbocycles. The van der Waals surface area contributed by atoms with Crippen molar-refractivity contribution in [2.45, 2.75) is 77.6 Å². The van der Waals surface area contributed by atoms with Crippen LogP contribution in [0.1, 0.15) is 58.9 Å². The molecule has 1 rings (SSSR count). The average molecular weight is 365 g/mol. The molecule has 0 radical (unpaired) electrons. The molecule has 0 heterocycles. The Kier molecular flexibility index (Phi) is 8.22. The summed E-state index contributed by atoms with van der Waals surface area (Å²) in [6.45, 7) is 13.3. The van der Waals surface area contributed by atoms with E-state index in [9.17, 15) is 5.11 Å². The second-order valence-corrected chi connectivity index (χ2v) is 12.9. The molecule has 142 valence electrons. The van der Waals surface area contributed by atoms with Gasteiger partial charge in [-0.25, -0.2) is 0 Å². The quantitative estimate of drug-likeness (QED) is 0.429. The summed E-state index contributed by atoms with van der Waals surface area (Å²) in [5, 5.41) is 10.2. The Bertz CT molecular complexity index is 559. The monoisotopic (exact) mass is 364 g/mol. The van der Waals surface area contributed by atoms with Gasteiger partial charge < -0.3 is 14.3 Å². The highest BCUT2D eigenvalue weighted by Gasteiger charge is 2.39. The summed E-state index contributed by atoms with van der Waals surface area (Å²) in [7, 11) is -0.236. The van der Waals surface area contributed by atoms with Crippen LogP contribution in [0.4, 0.5) is 0 Å². The van der Waals surface area contributed by atoms with E-state index in [2.05, 4.69) is 40.8 Å². The van der Waals surface area contributed by atoms with Crippen LogP contribution in [0, 0.1) is 0 Å². The highest BCUT2D eigenvalue weighted by Crippen LogP contribution is 2.40. The van der Waals surface area contributed by atoms with Gasteiger partial charge in [0.15, 0.2) is 5.75 Å².